The summed E-state index contributed by atoms with van der Waals surface area (Å²) >= 11 is 0. The summed E-state index contributed by atoms with van der Waals surface area (Å²) in [5.74, 6) is -1.08. The lowest BCUT2D eigenvalue weighted by molar-refractivity contribution is -0.146. The molecule has 32 heavy (non-hydrogen) atoms. The molecule has 0 fully saturated rings. The van der Waals surface area contributed by atoms with E-state index in [1.807, 2.05) is 56.3 Å². The number of rotatable bonds is 5. The Hall–Kier alpha value is -4.00. The zero-order valence-corrected chi connectivity index (χ0v) is 18.1. The minimum atomic E-state index is -0.784. The van der Waals surface area contributed by atoms with Gasteiger partial charge in [0.15, 0.2) is 0 Å². The first-order chi connectivity index (χ1) is 15.3. The Balaban J connectivity index is 1.78. The van der Waals surface area contributed by atoms with Crippen LogP contribution in [0.3, 0.4) is 0 Å². The third-order valence-electron chi connectivity index (χ3n) is 5.67. The molecule has 1 atom stereocenters. The Morgan fingerprint density at radius 1 is 1.16 bits per heavy atom. The molecule has 1 amide bonds. The van der Waals surface area contributed by atoms with Crippen molar-refractivity contribution >= 4 is 34.7 Å². The first kappa shape index (κ1) is 21.2. The lowest BCUT2D eigenvalue weighted by Crippen LogP contribution is -2.30. The van der Waals surface area contributed by atoms with Gasteiger partial charge in [0, 0.05) is 29.3 Å². The van der Waals surface area contributed by atoms with Gasteiger partial charge in [0.25, 0.3) is 0 Å². The summed E-state index contributed by atoms with van der Waals surface area (Å²) in [6.07, 6.45) is 3.37. The number of nitrogens with two attached hydrogens (primary N) is 1. The molecular formula is C25H24N4O3. The number of hydrogen-bond acceptors (Lipinski definition) is 6. The van der Waals surface area contributed by atoms with E-state index in [9.17, 15) is 9.59 Å². The number of ether oxygens (including phenoxy) is 1. The lowest BCUT2D eigenvalue weighted by Gasteiger charge is -2.22. The van der Waals surface area contributed by atoms with E-state index in [2.05, 4.69) is 10.3 Å². The number of nitrogen functional groups attached to an aromatic ring is 1. The largest absolute Gasteiger partial charge is 0.468 e. The molecule has 4 rings (SSSR count). The molecule has 0 bridgehead atoms. The van der Waals surface area contributed by atoms with Gasteiger partial charge in [-0.3, -0.25) is 19.6 Å². The van der Waals surface area contributed by atoms with Crippen molar-refractivity contribution < 1.29 is 14.3 Å². The Labute approximate surface area is 186 Å². The predicted octanol–water partition coefficient (Wildman–Crippen LogP) is 3.97. The van der Waals surface area contributed by atoms with Gasteiger partial charge in [0.05, 0.1) is 23.9 Å². The van der Waals surface area contributed by atoms with Gasteiger partial charge in [-0.2, -0.15) is 0 Å². The van der Waals surface area contributed by atoms with Crippen LogP contribution in [0.25, 0.3) is 0 Å². The highest BCUT2D eigenvalue weighted by atomic mass is 16.5. The molecule has 7 nitrogen and oxygen atoms in total. The molecule has 1 aromatic heterocycles. The maximum absolute atomic E-state index is 12.9. The number of esters is 1. The van der Waals surface area contributed by atoms with Crippen LogP contribution in [0, 0.1) is 0 Å². The fourth-order valence-electron chi connectivity index (χ4n) is 3.83. The summed E-state index contributed by atoms with van der Waals surface area (Å²) in [4.78, 5) is 34.1. The zero-order valence-electron chi connectivity index (χ0n) is 18.1. The number of pyridine rings is 1. The number of methoxy groups -OCH3 is 1. The topological polar surface area (TPSA) is 107 Å². The second-order valence-electron chi connectivity index (χ2n) is 8.17. The second-order valence-corrected chi connectivity index (χ2v) is 8.17. The minimum absolute atomic E-state index is 0.170. The number of aromatic nitrogens is 1. The van der Waals surface area contributed by atoms with Crippen LogP contribution in [0.1, 0.15) is 36.5 Å². The van der Waals surface area contributed by atoms with Crippen molar-refractivity contribution in [2.24, 2.45) is 4.99 Å². The fraction of sp³-hybridized carbons (Fsp3) is 0.200. The van der Waals surface area contributed by atoms with Crippen LogP contribution in [0.5, 0.6) is 0 Å². The molecule has 0 saturated carbocycles. The molecule has 2 aromatic carbocycles. The number of benzene rings is 2. The Morgan fingerprint density at radius 2 is 1.91 bits per heavy atom. The van der Waals surface area contributed by atoms with E-state index in [1.165, 1.54) is 7.11 Å². The summed E-state index contributed by atoms with van der Waals surface area (Å²) in [7, 11) is 1.38. The minimum Gasteiger partial charge on any atom is -0.468 e. The van der Waals surface area contributed by atoms with Crippen LogP contribution in [0.15, 0.2) is 72.0 Å². The van der Waals surface area contributed by atoms with Gasteiger partial charge < -0.3 is 15.8 Å². The van der Waals surface area contributed by atoms with Crippen molar-refractivity contribution in [3.05, 3.63) is 83.7 Å². The molecule has 3 N–H and O–H groups in total. The highest BCUT2D eigenvalue weighted by Gasteiger charge is 2.36. The number of anilines is 2. The van der Waals surface area contributed by atoms with E-state index < -0.39 is 11.3 Å². The first-order valence-corrected chi connectivity index (χ1v) is 10.2. The fourth-order valence-corrected chi connectivity index (χ4v) is 3.83. The van der Waals surface area contributed by atoms with Crippen LogP contribution < -0.4 is 11.1 Å². The van der Waals surface area contributed by atoms with Crippen molar-refractivity contribution in [2.75, 3.05) is 18.2 Å². The molecule has 0 saturated heterocycles. The van der Waals surface area contributed by atoms with Gasteiger partial charge in [-0.05, 0) is 55.3 Å². The number of fused-ring (bicyclic) bond motifs is 1. The SMILES string of the molecule is COC(=O)C(C)(C)c1ccc(N=C(c2cccnc2)C2C(=O)Nc3cc(N)ccc32)cc1. The average Bonchev–Trinajstić information content (AvgIpc) is 3.12. The van der Waals surface area contributed by atoms with Crippen LogP contribution >= 0.6 is 0 Å². The van der Waals surface area contributed by atoms with E-state index >= 15 is 0 Å². The molecule has 0 spiro atoms. The molecule has 1 unspecified atom stereocenters. The number of hydrogen-bond donors (Lipinski definition) is 2. The van der Waals surface area contributed by atoms with E-state index in [4.69, 9.17) is 15.5 Å². The van der Waals surface area contributed by atoms with Crippen LogP contribution in [0.4, 0.5) is 17.1 Å². The van der Waals surface area contributed by atoms with E-state index in [1.54, 1.807) is 24.5 Å². The first-order valence-electron chi connectivity index (χ1n) is 10.2. The monoisotopic (exact) mass is 428 g/mol. The highest BCUT2D eigenvalue weighted by molar-refractivity contribution is 6.24. The molecule has 1 aliphatic heterocycles. The standard InChI is InChI=1S/C25H24N4O3/c1-25(2,24(31)32-3)16-6-9-18(10-7-16)28-22(15-5-4-12-27-14-15)21-19-11-8-17(26)13-20(19)29-23(21)30/h4-14,21H,26H2,1-3H3,(H,29,30). The quantitative estimate of drug-likeness (QED) is 0.363. The molecule has 0 aliphatic carbocycles. The smallest absolute Gasteiger partial charge is 0.315 e. The summed E-state index contributed by atoms with van der Waals surface area (Å²) < 4.78 is 4.92. The van der Waals surface area contributed by atoms with Crippen molar-refractivity contribution in [2.45, 2.75) is 25.2 Å². The third kappa shape index (κ3) is 3.85. The number of carbonyl (C=O) groups excluding carboxylic acids is 2. The number of carbonyl (C=O) groups is 2. The number of amides is 1. The van der Waals surface area contributed by atoms with Crippen molar-refractivity contribution in [1.82, 2.24) is 4.98 Å². The normalized spacial score (nSPS) is 15.8. The predicted molar refractivity (Wildman–Crippen MR) is 124 cm³/mol. The van der Waals surface area contributed by atoms with E-state index in [0.717, 1.165) is 16.7 Å². The van der Waals surface area contributed by atoms with Gasteiger partial charge >= 0.3 is 5.97 Å². The molecular weight excluding hydrogens is 404 g/mol. The molecule has 1 aliphatic rings. The van der Waals surface area contributed by atoms with Crippen LogP contribution in [-0.2, 0) is 19.7 Å². The van der Waals surface area contributed by atoms with E-state index in [0.29, 0.717) is 22.8 Å². The molecule has 0 radical (unpaired) electrons. The lowest BCUT2D eigenvalue weighted by atomic mass is 9.84. The number of nitrogens with zero attached hydrogens (tertiary/aromatic N) is 2. The second kappa shape index (κ2) is 8.26. The summed E-state index contributed by atoms with van der Waals surface area (Å²) in [5.41, 5.74) is 9.98. The Bertz CT molecular complexity index is 1200. The molecule has 3 aromatic rings. The third-order valence-corrected chi connectivity index (χ3v) is 5.67. The highest BCUT2D eigenvalue weighted by Crippen LogP contribution is 2.37. The zero-order chi connectivity index (χ0) is 22.9. The van der Waals surface area contributed by atoms with Crippen molar-refractivity contribution in [1.29, 1.82) is 0 Å². The van der Waals surface area contributed by atoms with Gasteiger partial charge in [0.2, 0.25) is 5.91 Å². The Morgan fingerprint density at radius 3 is 2.56 bits per heavy atom. The van der Waals surface area contributed by atoms with Crippen molar-refractivity contribution in [3.8, 4) is 0 Å². The van der Waals surface area contributed by atoms with Gasteiger partial charge in [-0.1, -0.05) is 24.3 Å². The van der Waals surface area contributed by atoms with Crippen LogP contribution in [0.2, 0.25) is 0 Å². The van der Waals surface area contributed by atoms with Gasteiger partial charge in [-0.15, -0.1) is 0 Å². The summed E-state index contributed by atoms with van der Waals surface area (Å²) in [6.45, 7) is 3.62. The van der Waals surface area contributed by atoms with Crippen molar-refractivity contribution in [3.63, 3.8) is 0 Å². The summed E-state index contributed by atoms with van der Waals surface area (Å²) in [6, 6.07) is 16.4. The van der Waals surface area contributed by atoms with E-state index in [-0.39, 0.29) is 11.9 Å². The summed E-state index contributed by atoms with van der Waals surface area (Å²) in [5, 5.41) is 2.90. The van der Waals surface area contributed by atoms with Gasteiger partial charge in [0.1, 0.15) is 5.92 Å². The van der Waals surface area contributed by atoms with Crippen LogP contribution in [-0.4, -0.2) is 29.7 Å². The molecule has 162 valence electrons. The Kier molecular flexibility index (Phi) is 5.48. The molecule has 7 heteroatoms. The molecule has 2 heterocycles. The average molecular weight is 428 g/mol. The number of aliphatic imine (C=N–C) groups is 1. The maximum Gasteiger partial charge on any atom is 0.315 e. The number of nitrogens with one attached hydrogen (secondary N) is 1. The van der Waals surface area contributed by atoms with Gasteiger partial charge in [-0.25, -0.2) is 0 Å². The maximum atomic E-state index is 12.9.